The molecular weight excluding hydrogens is 280 g/mol. The van der Waals surface area contributed by atoms with Gasteiger partial charge in [0.15, 0.2) is 0 Å². The predicted octanol–water partition coefficient (Wildman–Crippen LogP) is 1.89. The van der Waals surface area contributed by atoms with E-state index in [1.54, 1.807) is 11.3 Å². The van der Waals surface area contributed by atoms with Gasteiger partial charge in [0.25, 0.3) is 0 Å². The molecule has 0 saturated carbocycles. The van der Waals surface area contributed by atoms with Crippen LogP contribution in [0.3, 0.4) is 0 Å². The van der Waals surface area contributed by atoms with Crippen molar-refractivity contribution in [3.05, 3.63) is 22.4 Å². The molecule has 1 fully saturated rings. The van der Waals surface area contributed by atoms with Crippen molar-refractivity contribution in [1.29, 1.82) is 0 Å². The summed E-state index contributed by atoms with van der Waals surface area (Å²) >= 11 is 3.70. The number of amides is 2. The molecule has 2 rings (SSSR count). The van der Waals surface area contributed by atoms with E-state index in [0.29, 0.717) is 5.25 Å². The molecular formula is C13H18N2O2S2. The first-order chi connectivity index (χ1) is 9.16. The summed E-state index contributed by atoms with van der Waals surface area (Å²) < 4.78 is 0. The second-order valence-electron chi connectivity index (χ2n) is 4.45. The van der Waals surface area contributed by atoms with Crippen LogP contribution in [0.5, 0.6) is 0 Å². The van der Waals surface area contributed by atoms with Gasteiger partial charge in [-0.3, -0.25) is 9.59 Å². The Balaban J connectivity index is 1.86. The maximum absolute atomic E-state index is 12.0. The highest BCUT2D eigenvalue weighted by molar-refractivity contribution is 7.99. The van der Waals surface area contributed by atoms with Gasteiger partial charge < -0.3 is 10.2 Å². The maximum Gasteiger partial charge on any atom is 0.241 e. The van der Waals surface area contributed by atoms with Gasteiger partial charge in [-0.1, -0.05) is 6.07 Å². The van der Waals surface area contributed by atoms with Crippen molar-refractivity contribution in [3.8, 4) is 0 Å². The molecule has 0 radical (unpaired) electrons. The Morgan fingerprint density at radius 3 is 3.00 bits per heavy atom. The Hall–Kier alpha value is -1.01. The molecule has 1 saturated heterocycles. The van der Waals surface area contributed by atoms with Gasteiger partial charge in [0.1, 0.15) is 0 Å². The molecule has 1 aromatic heterocycles. The number of hydrogen-bond acceptors (Lipinski definition) is 4. The zero-order valence-electron chi connectivity index (χ0n) is 10.9. The van der Waals surface area contributed by atoms with Crippen molar-refractivity contribution >= 4 is 34.9 Å². The molecule has 0 aliphatic carbocycles. The standard InChI is InChI=1S/C13H18N2O2S2/c1-10(16)14-9-13(17)15-5-4-12(19-8-6-15)11-3-2-7-18-11/h2-3,7,12H,4-6,8-9H2,1H3,(H,14,16). The highest BCUT2D eigenvalue weighted by Gasteiger charge is 2.22. The molecule has 0 spiro atoms. The fourth-order valence-electron chi connectivity index (χ4n) is 2.03. The van der Waals surface area contributed by atoms with Crippen LogP contribution < -0.4 is 5.32 Å². The molecule has 1 aromatic rings. The SMILES string of the molecule is CC(=O)NCC(=O)N1CCSC(c2cccs2)CC1. The van der Waals surface area contributed by atoms with Crippen molar-refractivity contribution in [1.82, 2.24) is 10.2 Å². The minimum atomic E-state index is -0.158. The lowest BCUT2D eigenvalue weighted by Gasteiger charge is -2.20. The number of thiophene rings is 1. The second-order valence-corrected chi connectivity index (χ2v) is 6.74. The van der Waals surface area contributed by atoms with Gasteiger partial charge in [0.2, 0.25) is 11.8 Å². The van der Waals surface area contributed by atoms with E-state index in [2.05, 4.69) is 22.8 Å². The fourth-order valence-corrected chi connectivity index (χ4v) is 4.27. The van der Waals surface area contributed by atoms with Crippen LogP contribution in [0, 0.1) is 0 Å². The lowest BCUT2D eigenvalue weighted by molar-refractivity contribution is -0.132. The molecule has 1 atom stereocenters. The summed E-state index contributed by atoms with van der Waals surface area (Å²) in [5, 5.41) is 5.16. The van der Waals surface area contributed by atoms with E-state index in [0.717, 1.165) is 25.3 Å². The summed E-state index contributed by atoms with van der Waals surface area (Å²) in [5.74, 6) is 0.811. The Kier molecular flexibility index (Phi) is 5.27. The van der Waals surface area contributed by atoms with Crippen molar-refractivity contribution in [2.45, 2.75) is 18.6 Å². The normalized spacial score (nSPS) is 19.8. The van der Waals surface area contributed by atoms with Gasteiger partial charge >= 0.3 is 0 Å². The van der Waals surface area contributed by atoms with Crippen LogP contribution >= 0.6 is 23.1 Å². The third kappa shape index (κ3) is 4.24. The van der Waals surface area contributed by atoms with E-state index in [1.807, 2.05) is 16.7 Å². The van der Waals surface area contributed by atoms with E-state index in [9.17, 15) is 9.59 Å². The van der Waals surface area contributed by atoms with Crippen LogP contribution in [-0.4, -0.2) is 42.1 Å². The van der Waals surface area contributed by atoms with E-state index in [-0.39, 0.29) is 18.4 Å². The molecule has 1 aliphatic heterocycles. The molecule has 1 aliphatic rings. The second kappa shape index (κ2) is 6.96. The number of nitrogens with one attached hydrogen (secondary N) is 1. The number of hydrogen-bond donors (Lipinski definition) is 1. The number of carbonyl (C=O) groups is 2. The summed E-state index contributed by atoms with van der Waals surface area (Å²) in [6.07, 6.45) is 0.983. The van der Waals surface area contributed by atoms with Gasteiger partial charge in [-0.05, 0) is 17.9 Å². The predicted molar refractivity (Wildman–Crippen MR) is 79.4 cm³/mol. The highest BCUT2D eigenvalue weighted by atomic mass is 32.2. The van der Waals surface area contributed by atoms with Gasteiger partial charge in [-0.2, -0.15) is 11.8 Å². The Bertz CT molecular complexity index is 434. The number of rotatable bonds is 3. The number of carbonyl (C=O) groups excluding carboxylic acids is 2. The molecule has 19 heavy (non-hydrogen) atoms. The summed E-state index contributed by atoms with van der Waals surface area (Å²) in [6.45, 7) is 3.08. The molecule has 0 bridgehead atoms. The monoisotopic (exact) mass is 298 g/mol. The van der Waals surface area contributed by atoms with Crippen molar-refractivity contribution in [2.75, 3.05) is 25.4 Å². The number of thioether (sulfide) groups is 1. The van der Waals surface area contributed by atoms with Crippen LogP contribution in [0.25, 0.3) is 0 Å². The topological polar surface area (TPSA) is 49.4 Å². The first-order valence-electron chi connectivity index (χ1n) is 6.34. The molecule has 1 N–H and O–H groups in total. The number of nitrogens with zero attached hydrogens (tertiary/aromatic N) is 1. The first-order valence-corrected chi connectivity index (χ1v) is 8.27. The molecule has 104 valence electrons. The Morgan fingerprint density at radius 2 is 2.32 bits per heavy atom. The summed E-state index contributed by atoms with van der Waals surface area (Å²) in [5.41, 5.74) is 0. The lowest BCUT2D eigenvalue weighted by atomic mass is 10.2. The van der Waals surface area contributed by atoms with Crippen LogP contribution in [0.1, 0.15) is 23.5 Å². The fraction of sp³-hybridized carbons (Fsp3) is 0.538. The van der Waals surface area contributed by atoms with E-state index >= 15 is 0 Å². The smallest absolute Gasteiger partial charge is 0.241 e. The molecule has 2 amide bonds. The van der Waals surface area contributed by atoms with Gasteiger partial charge in [-0.25, -0.2) is 0 Å². The third-order valence-electron chi connectivity index (χ3n) is 3.04. The Labute approximate surface area is 121 Å². The van der Waals surface area contributed by atoms with E-state index in [1.165, 1.54) is 11.8 Å². The summed E-state index contributed by atoms with van der Waals surface area (Å²) in [7, 11) is 0. The van der Waals surface area contributed by atoms with Crippen molar-refractivity contribution < 1.29 is 9.59 Å². The average Bonchev–Trinajstić information content (AvgIpc) is 2.80. The zero-order chi connectivity index (χ0) is 13.7. The van der Waals surface area contributed by atoms with Crippen LogP contribution in [0.15, 0.2) is 17.5 Å². The van der Waals surface area contributed by atoms with Crippen molar-refractivity contribution in [2.24, 2.45) is 0 Å². The van der Waals surface area contributed by atoms with Crippen LogP contribution in [0.4, 0.5) is 0 Å². The summed E-state index contributed by atoms with van der Waals surface area (Å²) in [6, 6.07) is 4.24. The summed E-state index contributed by atoms with van der Waals surface area (Å²) in [4.78, 5) is 26.0. The molecule has 1 unspecified atom stereocenters. The first kappa shape index (κ1) is 14.4. The molecule has 6 heteroatoms. The Morgan fingerprint density at radius 1 is 1.47 bits per heavy atom. The molecule has 4 nitrogen and oxygen atoms in total. The van der Waals surface area contributed by atoms with Gasteiger partial charge in [0.05, 0.1) is 6.54 Å². The van der Waals surface area contributed by atoms with Crippen molar-refractivity contribution in [3.63, 3.8) is 0 Å². The van der Waals surface area contributed by atoms with Crippen LogP contribution in [-0.2, 0) is 9.59 Å². The van der Waals surface area contributed by atoms with E-state index < -0.39 is 0 Å². The molecule has 2 heterocycles. The zero-order valence-corrected chi connectivity index (χ0v) is 12.6. The minimum Gasteiger partial charge on any atom is -0.347 e. The minimum absolute atomic E-state index is 0.0163. The van der Waals surface area contributed by atoms with Gasteiger partial charge in [0, 0.05) is 35.9 Å². The molecule has 0 aromatic carbocycles. The average molecular weight is 298 g/mol. The lowest BCUT2D eigenvalue weighted by Crippen LogP contribution is -2.40. The quantitative estimate of drug-likeness (QED) is 0.927. The maximum atomic E-state index is 12.0. The third-order valence-corrected chi connectivity index (χ3v) is 5.49. The van der Waals surface area contributed by atoms with E-state index in [4.69, 9.17) is 0 Å². The highest BCUT2D eigenvalue weighted by Crippen LogP contribution is 2.36. The largest absolute Gasteiger partial charge is 0.347 e. The van der Waals surface area contributed by atoms with Crippen LogP contribution in [0.2, 0.25) is 0 Å². The van der Waals surface area contributed by atoms with Gasteiger partial charge in [-0.15, -0.1) is 11.3 Å².